The lowest BCUT2D eigenvalue weighted by Crippen LogP contribution is -2.28. The number of ether oxygens (including phenoxy) is 1. The number of hydrogen-bond acceptors (Lipinski definition) is 6. The number of aromatic nitrogens is 2. The first-order valence-electron chi connectivity index (χ1n) is 8.95. The van der Waals surface area contributed by atoms with E-state index in [-0.39, 0.29) is 18.2 Å². The van der Waals surface area contributed by atoms with Crippen molar-refractivity contribution in [3.8, 4) is 5.75 Å². The SMILES string of the molecule is COc1ccc(C)cc1N1CC(C(=O)Nc2nnc(CC(C)C)s2)CC1=O. The maximum absolute atomic E-state index is 12.6. The van der Waals surface area contributed by atoms with Crippen molar-refractivity contribution in [3.63, 3.8) is 0 Å². The van der Waals surface area contributed by atoms with Gasteiger partial charge in [-0.05, 0) is 30.5 Å². The molecule has 1 saturated heterocycles. The molecule has 0 saturated carbocycles. The van der Waals surface area contributed by atoms with Crippen LogP contribution in [-0.2, 0) is 16.0 Å². The van der Waals surface area contributed by atoms with Crippen molar-refractivity contribution in [2.75, 3.05) is 23.9 Å². The van der Waals surface area contributed by atoms with E-state index in [1.165, 1.54) is 11.3 Å². The minimum absolute atomic E-state index is 0.0863. The van der Waals surface area contributed by atoms with Gasteiger partial charge in [0.1, 0.15) is 10.8 Å². The van der Waals surface area contributed by atoms with Gasteiger partial charge >= 0.3 is 0 Å². The van der Waals surface area contributed by atoms with E-state index >= 15 is 0 Å². The predicted molar refractivity (Wildman–Crippen MR) is 105 cm³/mol. The van der Waals surface area contributed by atoms with Gasteiger partial charge in [-0.25, -0.2) is 0 Å². The van der Waals surface area contributed by atoms with Crippen molar-refractivity contribution in [2.24, 2.45) is 11.8 Å². The molecule has 1 aliphatic rings. The number of nitrogens with zero attached hydrogens (tertiary/aromatic N) is 3. The van der Waals surface area contributed by atoms with Crippen LogP contribution in [0, 0.1) is 18.8 Å². The molecular formula is C19H24N4O3S. The molecule has 1 aromatic carbocycles. The summed E-state index contributed by atoms with van der Waals surface area (Å²) in [6, 6.07) is 5.67. The van der Waals surface area contributed by atoms with Crippen molar-refractivity contribution in [3.05, 3.63) is 28.8 Å². The Morgan fingerprint density at radius 2 is 2.19 bits per heavy atom. The average molecular weight is 388 g/mol. The molecule has 2 amide bonds. The number of methoxy groups -OCH3 is 1. The number of amides is 2. The Morgan fingerprint density at radius 3 is 2.89 bits per heavy atom. The van der Waals surface area contributed by atoms with E-state index in [4.69, 9.17) is 4.74 Å². The third-order valence-electron chi connectivity index (χ3n) is 4.40. The van der Waals surface area contributed by atoms with E-state index in [9.17, 15) is 9.59 Å². The summed E-state index contributed by atoms with van der Waals surface area (Å²) < 4.78 is 5.38. The van der Waals surface area contributed by atoms with Crippen LogP contribution in [0.25, 0.3) is 0 Å². The molecule has 1 N–H and O–H groups in total. The van der Waals surface area contributed by atoms with E-state index < -0.39 is 5.92 Å². The first-order valence-corrected chi connectivity index (χ1v) is 9.77. The lowest BCUT2D eigenvalue weighted by atomic mass is 10.1. The molecule has 3 rings (SSSR count). The normalized spacial score (nSPS) is 16.9. The minimum Gasteiger partial charge on any atom is -0.495 e. The van der Waals surface area contributed by atoms with Gasteiger partial charge < -0.3 is 15.0 Å². The molecule has 0 spiro atoms. The molecule has 8 heteroatoms. The number of aryl methyl sites for hydroxylation is 1. The molecular weight excluding hydrogens is 364 g/mol. The first kappa shape index (κ1) is 19.3. The summed E-state index contributed by atoms with van der Waals surface area (Å²) in [5.41, 5.74) is 1.73. The van der Waals surface area contributed by atoms with E-state index in [0.717, 1.165) is 17.0 Å². The number of carbonyl (C=O) groups is 2. The molecule has 144 valence electrons. The quantitative estimate of drug-likeness (QED) is 0.822. The molecule has 2 heterocycles. The van der Waals surface area contributed by atoms with E-state index in [0.29, 0.717) is 29.0 Å². The second kappa shape index (κ2) is 8.04. The molecule has 1 aliphatic heterocycles. The van der Waals surface area contributed by atoms with Crippen molar-refractivity contribution in [1.29, 1.82) is 0 Å². The number of anilines is 2. The minimum atomic E-state index is -0.430. The van der Waals surface area contributed by atoms with Crippen LogP contribution in [0.2, 0.25) is 0 Å². The second-order valence-electron chi connectivity index (χ2n) is 7.17. The van der Waals surface area contributed by atoms with E-state index in [2.05, 4.69) is 29.4 Å². The Labute approximate surface area is 162 Å². The van der Waals surface area contributed by atoms with Crippen molar-refractivity contribution in [1.82, 2.24) is 10.2 Å². The monoisotopic (exact) mass is 388 g/mol. The van der Waals surface area contributed by atoms with Gasteiger partial charge in [-0.3, -0.25) is 9.59 Å². The highest BCUT2D eigenvalue weighted by Crippen LogP contribution is 2.34. The fraction of sp³-hybridized carbons (Fsp3) is 0.474. The molecule has 1 fully saturated rings. The number of nitrogens with one attached hydrogen (secondary N) is 1. The van der Waals surface area contributed by atoms with Gasteiger partial charge in [-0.1, -0.05) is 31.3 Å². The van der Waals surface area contributed by atoms with E-state index in [1.807, 2.05) is 25.1 Å². The number of carbonyl (C=O) groups excluding carboxylic acids is 2. The Kier molecular flexibility index (Phi) is 5.74. The fourth-order valence-electron chi connectivity index (χ4n) is 3.07. The summed E-state index contributed by atoms with van der Waals surface area (Å²) in [6.07, 6.45) is 0.997. The largest absolute Gasteiger partial charge is 0.495 e. The summed E-state index contributed by atoms with van der Waals surface area (Å²) in [4.78, 5) is 26.7. The zero-order valence-electron chi connectivity index (χ0n) is 16.0. The third-order valence-corrected chi connectivity index (χ3v) is 5.26. The van der Waals surface area contributed by atoms with Crippen LogP contribution in [-0.4, -0.2) is 35.7 Å². The highest BCUT2D eigenvalue weighted by atomic mass is 32.1. The number of benzene rings is 1. The van der Waals surface area contributed by atoms with Crippen LogP contribution < -0.4 is 15.0 Å². The maximum Gasteiger partial charge on any atom is 0.231 e. The summed E-state index contributed by atoms with van der Waals surface area (Å²) in [5.74, 6) is 0.381. The van der Waals surface area contributed by atoms with Crippen LogP contribution in [0.3, 0.4) is 0 Å². The highest BCUT2D eigenvalue weighted by Gasteiger charge is 2.36. The summed E-state index contributed by atoms with van der Waals surface area (Å²) in [5, 5.41) is 12.3. The zero-order valence-corrected chi connectivity index (χ0v) is 16.8. The fourth-order valence-corrected chi connectivity index (χ4v) is 4.03. The Bertz CT molecular complexity index is 849. The zero-order chi connectivity index (χ0) is 19.6. The lowest BCUT2D eigenvalue weighted by molar-refractivity contribution is -0.122. The van der Waals surface area contributed by atoms with Gasteiger partial charge in [-0.15, -0.1) is 10.2 Å². The lowest BCUT2D eigenvalue weighted by Gasteiger charge is -2.20. The molecule has 0 bridgehead atoms. The molecule has 0 radical (unpaired) electrons. The number of rotatable bonds is 6. The maximum atomic E-state index is 12.6. The van der Waals surface area contributed by atoms with Gasteiger partial charge in [0.05, 0.1) is 18.7 Å². The Balaban J connectivity index is 1.69. The molecule has 27 heavy (non-hydrogen) atoms. The second-order valence-corrected chi connectivity index (χ2v) is 8.23. The molecule has 7 nitrogen and oxygen atoms in total. The van der Waals surface area contributed by atoms with Gasteiger partial charge in [0.2, 0.25) is 16.9 Å². The van der Waals surface area contributed by atoms with Crippen LogP contribution in [0.5, 0.6) is 5.75 Å². The number of hydrogen-bond donors (Lipinski definition) is 1. The highest BCUT2D eigenvalue weighted by molar-refractivity contribution is 7.15. The Morgan fingerprint density at radius 1 is 1.41 bits per heavy atom. The summed E-state index contributed by atoms with van der Waals surface area (Å²) >= 11 is 1.38. The van der Waals surface area contributed by atoms with Gasteiger partial charge in [0.15, 0.2) is 0 Å². The standard InChI is InChI=1S/C19H24N4O3S/c1-11(2)7-16-21-22-19(27-16)20-18(25)13-9-17(24)23(10-13)14-8-12(3)5-6-15(14)26-4/h5-6,8,11,13H,7,9-10H2,1-4H3,(H,20,22,25). The first-order chi connectivity index (χ1) is 12.9. The van der Waals surface area contributed by atoms with Gasteiger partial charge in [0, 0.05) is 19.4 Å². The average Bonchev–Trinajstić information content (AvgIpc) is 3.20. The summed E-state index contributed by atoms with van der Waals surface area (Å²) in [7, 11) is 1.57. The molecule has 1 unspecified atom stereocenters. The van der Waals surface area contributed by atoms with Gasteiger partial charge in [-0.2, -0.15) is 0 Å². The van der Waals surface area contributed by atoms with Crippen LogP contribution >= 0.6 is 11.3 Å². The van der Waals surface area contributed by atoms with Crippen LogP contribution in [0.4, 0.5) is 10.8 Å². The van der Waals surface area contributed by atoms with Crippen molar-refractivity contribution >= 4 is 34.0 Å². The topological polar surface area (TPSA) is 84.4 Å². The van der Waals surface area contributed by atoms with Crippen LogP contribution in [0.15, 0.2) is 18.2 Å². The van der Waals surface area contributed by atoms with Crippen molar-refractivity contribution in [2.45, 2.75) is 33.6 Å². The van der Waals surface area contributed by atoms with Gasteiger partial charge in [0.25, 0.3) is 0 Å². The predicted octanol–water partition coefficient (Wildman–Crippen LogP) is 3.05. The Hall–Kier alpha value is -2.48. The molecule has 2 aromatic rings. The molecule has 1 atom stereocenters. The third kappa shape index (κ3) is 4.44. The van der Waals surface area contributed by atoms with Crippen molar-refractivity contribution < 1.29 is 14.3 Å². The van der Waals surface area contributed by atoms with Crippen LogP contribution in [0.1, 0.15) is 30.8 Å². The van der Waals surface area contributed by atoms with E-state index in [1.54, 1.807) is 12.0 Å². The molecule has 0 aliphatic carbocycles. The molecule has 1 aromatic heterocycles. The smallest absolute Gasteiger partial charge is 0.231 e. The summed E-state index contributed by atoms with van der Waals surface area (Å²) in [6.45, 7) is 6.50.